The van der Waals surface area contributed by atoms with Gasteiger partial charge in [-0.15, -0.1) is 0 Å². The van der Waals surface area contributed by atoms with Crippen LogP contribution in [0.2, 0.25) is 0 Å². The van der Waals surface area contributed by atoms with Crippen LogP contribution < -0.4 is 10.1 Å². The quantitative estimate of drug-likeness (QED) is 0.330. The summed E-state index contributed by atoms with van der Waals surface area (Å²) >= 11 is 9.17. The summed E-state index contributed by atoms with van der Waals surface area (Å²) in [7, 11) is 0. The van der Waals surface area contributed by atoms with Gasteiger partial charge >= 0.3 is 6.09 Å². The van der Waals surface area contributed by atoms with E-state index in [-0.39, 0.29) is 5.91 Å². The van der Waals surface area contributed by atoms with Crippen molar-refractivity contribution in [2.24, 2.45) is 0 Å². The Labute approximate surface area is 193 Å². The molecule has 1 heterocycles. The van der Waals surface area contributed by atoms with Crippen LogP contribution in [0.5, 0.6) is 5.75 Å². The van der Waals surface area contributed by atoms with E-state index in [0.717, 1.165) is 20.4 Å². The smallest absolute Gasteiger partial charge is 0.408 e. The minimum Gasteiger partial charge on any atom is -0.408 e. The van der Waals surface area contributed by atoms with Gasteiger partial charge in [0.2, 0.25) is 0 Å². The van der Waals surface area contributed by atoms with E-state index in [1.165, 1.54) is 0 Å². The summed E-state index contributed by atoms with van der Waals surface area (Å²) < 4.78 is 7.83. The van der Waals surface area contributed by atoms with Crippen molar-refractivity contribution in [3.05, 3.63) is 54.0 Å². The summed E-state index contributed by atoms with van der Waals surface area (Å²) in [6.45, 7) is 4.94. The van der Waals surface area contributed by atoms with Crippen LogP contribution in [-0.2, 0) is 4.79 Å². The van der Waals surface area contributed by atoms with Crippen molar-refractivity contribution in [3.63, 3.8) is 0 Å². The van der Waals surface area contributed by atoms with Gasteiger partial charge in [0.1, 0.15) is 0 Å². The Kier molecular flexibility index (Phi) is 6.82. The molecule has 1 aliphatic rings. The summed E-state index contributed by atoms with van der Waals surface area (Å²) in [5, 5.41) is 2.88. The Hall–Kier alpha value is -1.39. The van der Waals surface area contributed by atoms with Crippen molar-refractivity contribution in [2.45, 2.75) is 13.8 Å². The number of benzene rings is 2. The minimum atomic E-state index is -0.406. The molecule has 0 bridgehead atoms. The highest BCUT2D eigenvalue weighted by Gasteiger charge is 2.24. The number of nitrogens with one attached hydrogen (secondary N) is 1. The second-order valence-corrected chi connectivity index (χ2v) is 9.01. The normalized spacial score (nSPS) is 14.0. The minimum absolute atomic E-state index is 0.138. The van der Waals surface area contributed by atoms with E-state index in [1.54, 1.807) is 4.90 Å². The maximum absolute atomic E-state index is 12.4. The molecule has 8 heteroatoms. The number of rotatable bonds is 4. The lowest BCUT2D eigenvalue weighted by molar-refractivity contribution is -0.110. The summed E-state index contributed by atoms with van der Waals surface area (Å²) in [5.41, 5.74) is 3.08. The SMILES string of the molecule is CCN(CC)C(=O)Oc1c(Br)cc(C=C2C(=O)Nc3ccc(I)cc32)cc1Br. The maximum Gasteiger partial charge on any atom is 0.415 e. The summed E-state index contributed by atoms with van der Waals surface area (Å²) in [6.07, 6.45) is 1.42. The van der Waals surface area contributed by atoms with Gasteiger partial charge in [0, 0.05) is 33.5 Å². The number of nitrogens with zero attached hydrogens (tertiary/aromatic N) is 1. The van der Waals surface area contributed by atoms with E-state index in [2.05, 4.69) is 59.8 Å². The largest absolute Gasteiger partial charge is 0.415 e. The number of halogens is 3. The molecule has 0 aliphatic carbocycles. The molecule has 5 nitrogen and oxygen atoms in total. The first-order valence-corrected chi connectivity index (χ1v) is 11.3. The summed E-state index contributed by atoms with van der Waals surface area (Å²) in [6, 6.07) is 9.47. The van der Waals surface area contributed by atoms with Crippen molar-refractivity contribution in [1.82, 2.24) is 4.90 Å². The van der Waals surface area contributed by atoms with Gasteiger partial charge in [-0.25, -0.2) is 4.79 Å². The first-order valence-electron chi connectivity index (χ1n) is 8.62. The molecular weight excluding hydrogens is 603 g/mol. The fourth-order valence-electron chi connectivity index (χ4n) is 2.86. The number of hydrogen-bond acceptors (Lipinski definition) is 3. The van der Waals surface area contributed by atoms with Gasteiger partial charge in [-0.3, -0.25) is 4.79 Å². The lowest BCUT2D eigenvalue weighted by Gasteiger charge is -2.19. The number of carbonyl (C=O) groups is 2. The second kappa shape index (κ2) is 8.96. The number of fused-ring (bicyclic) bond motifs is 1. The molecule has 2 aromatic rings. The van der Waals surface area contributed by atoms with E-state index >= 15 is 0 Å². The molecular formula is C20H17Br2IN2O3. The Morgan fingerprint density at radius 1 is 1.18 bits per heavy atom. The fraction of sp³-hybridized carbons (Fsp3) is 0.200. The average molecular weight is 620 g/mol. The molecule has 1 N–H and O–H groups in total. The highest BCUT2D eigenvalue weighted by atomic mass is 127. The maximum atomic E-state index is 12.4. The van der Waals surface area contributed by atoms with E-state index in [1.807, 2.05) is 50.3 Å². The summed E-state index contributed by atoms with van der Waals surface area (Å²) in [5.74, 6) is 0.270. The lowest BCUT2D eigenvalue weighted by Crippen LogP contribution is -2.33. The van der Waals surface area contributed by atoms with Crippen LogP contribution >= 0.6 is 54.5 Å². The van der Waals surface area contributed by atoms with Gasteiger partial charge in [0.05, 0.1) is 8.95 Å². The molecule has 0 saturated carbocycles. The van der Waals surface area contributed by atoms with Gasteiger partial charge in [-0.1, -0.05) is 0 Å². The average Bonchev–Trinajstić information content (AvgIpc) is 2.94. The van der Waals surface area contributed by atoms with Gasteiger partial charge in [-0.2, -0.15) is 0 Å². The second-order valence-electron chi connectivity index (χ2n) is 6.06. The third-order valence-electron chi connectivity index (χ3n) is 4.31. The standard InChI is InChI=1S/C20H17Br2IN2O3/c1-3-25(4-2)20(27)28-18-15(21)8-11(9-16(18)22)7-14-13-10-12(23)5-6-17(13)24-19(14)26/h5-10H,3-4H2,1-2H3,(H,24,26). The molecule has 0 fully saturated rings. The van der Waals surface area contributed by atoms with Gasteiger partial charge in [-0.05, 0) is 110 Å². The Balaban J connectivity index is 1.94. The Bertz CT molecular complexity index is 964. The third-order valence-corrected chi connectivity index (χ3v) is 6.16. The predicted octanol–water partition coefficient (Wildman–Crippen LogP) is 6.15. The molecule has 0 spiro atoms. The van der Waals surface area contributed by atoms with Gasteiger partial charge in [0.25, 0.3) is 5.91 Å². The van der Waals surface area contributed by atoms with E-state index in [4.69, 9.17) is 4.74 Å². The molecule has 146 valence electrons. The number of amides is 2. The molecule has 28 heavy (non-hydrogen) atoms. The number of anilines is 1. The lowest BCUT2D eigenvalue weighted by atomic mass is 10.0. The van der Waals surface area contributed by atoms with Crippen LogP contribution in [0.15, 0.2) is 39.3 Å². The van der Waals surface area contributed by atoms with Crippen molar-refractivity contribution in [1.29, 1.82) is 0 Å². The predicted molar refractivity (Wildman–Crippen MR) is 126 cm³/mol. The van der Waals surface area contributed by atoms with Crippen molar-refractivity contribution in [3.8, 4) is 5.75 Å². The fourth-order valence-corrected chi connectivity index (χ4v) is 4.74. The number of carbonyl (C=O) groups excluding carboxylic acids is 2. The molecule has 3 rings (SSSR count). The number of ether oxygens (including phenoxy) is 1. The third kappa shape index (κ3) is 4.44. The first kappa shape index (κ1) is 21.3. The Morgan fingerprint density at radius 3 is 2.43 bits per heavy atom. The number of hydrogen-bond donors (Lipinski definition) is 1. The van der Waals surface area contributed by atoms with Crippen LogP contribution in [0, 0.1) is 3.57 Å². The highest BCUT2D eigenvalue weighted by molar-refractivity contribution is 14.1. The topological polar surface area (TPSA) is 58.6 Å². The van der Waals surface area contributed by atoms with Crippen molar-refractivity contribution in [2.75, 3.05) is 18.4 Å². The zero-order valence-electron chi connectivity index (χ0n) is 15.2. The molecule has 2 amide bonds. The zero-order chi connectivity index (χ0) is 20.4. The molecule has 0 atom stereocenters. The first-order chi connectivity index (χ1) is 13.3. The van der Waals surface area contributed by atoms with Crippen LogP contribution in [0.3, 0.4) is 0 Å². The van der Waals surface area contributed by atoms with Crippen LogP contribution in [-0.4, -0.2) is 30.0 Å². The molecule has 1 aliphatic heterocycles. The van der Waals surface area contributed by atoms with Crippen molar-refractivity contribution >= 4 is 83.8 Å². The van der Waals surface area contributed by atoms with Crippen LogP contribution in [0.1, 0.15) is 25.0 Å². The summed E-state index contributed by atoms with van der Waals surface area (Å²) in [4.78, 5) is 26.2. The Morgan fingerprint density at radius 2 is 1.82 bits per heavy atom. The molecule has 0 radical (unpaired) electrons. The molecule has 0 aromatic heterocycles. The molecule has 2 aromatic carbocycles. The van der Waals surface area contributed by atoms with E-state index in [9.17, 15) is 9.59 Å². The highest BCUT2D eigenvalue weighted by Crippen LogP contribution is 2.38. The molecule has 0 saturated heterocycles. The van der Waals surface area contributed by atoms with Gasteiger partial charge < -0.3 is 15.0 Å². The monoisotopic (exact) mass is 618 g/mol. The van der Waals surface area contributed by atoms with Gasteiger partial charge in [0.15, 0.2) is 5.75 Å². The van der Waals surface area contributed by atoms with Crippen LogP contribution in [0.25, 0.3) is 11.6 Å². The molecule has 0 unspecified atom stereocenters. The van der Waals surface area contributed by atoms with Crippen molar-refractivity contribution < 1.29 is 14.3 Å². The van der Waals surface area contributed by atoms with E-state index < -0.39 is 6.09 Å². The van der Waals surface area contributed by atoms with Crippen LogP contribution in [0.4, 0.5) is 10.5 Å². The zero-order valence-corrected chi connectivity index (χ0v) is 20.5. The van der Waals surface area contributed by atoms with E-state index in [0.29, 0.717) is 33.4 Å².